The molecule has 0 heterocycles. The molecule has 0 amide bonds. The molecule has 0 fully saturated rings. The Balaban J connectivity index is 2.42. The van der Waals surface area contributed by atoms with Crippen molar-refractivity contribution in [2.75, 3.05) is 20.1 Å². The molecule has 1 aromatic rings. The summed E-state index contributed by atoms with van der Waals surface area (Å²) >= 11 is 5.70. The Hall–Kier alpha value is -1.00. The Morgan fingerprint density at radius 3 is 2.47 bits per heavy atom. The van der Waals surface area contributed by atoms with E-state index in [0.717, 1.165) is 0 Å². The van der Waals surface area contributed by atoms with E-state index in [4.69, 9.17) is 11.6 Å². The number of Topliss-reactive ketones (excluding diaryl/α,β-unsaturated/α-hetero) is 1. The monoisotopic (exact) mass is 261 g/mol. The highest BCUT2D eigenvalue weighted by atomic mass is 35.5. The number of rotatable bonds is 6. The lowest BCUT2D eigenvalue weighted by Crippen LogP contribution is -2.27. The molecule has 0 spiro atoms. The van der Waals surface area contributed by atoms with E-state index in [0.29, 0.717) is 17.1 Å². The van der Waals surface area contributed by atoms with E-state index in [1.807, 2.05) is 0 Å². The molecule has 94 valence electrons. The predicted molar refractivity (Wildman–Crippen MR) is 63.9 cm³/mol. The van der Waals surface area contributed by atoms with Gasteiger partial charge in [0.15, 0.2) is 5.78 Å². The van der Waals surface area contributed by atoms with Gasteiger partial charge in [-0.3, -0.25) is 4.79 Å². The minimum absolute atomic E-state index is 0.0669. The van der Waals surface area contributed by atoms with Crippen molar-refractivity contribution < 1.29 is 13.6 Å². The fraction of sp³-hybridized carbons (Fsp3) is 0.417. The van der Waals surface area contributed by atoms with Crippen LogP contribution in [0.15, 0.2) is 24.3 Å². The van der Waals surface area contributed by atoms with E-state index >= 15 is 0 Å². The number of carbonyl (C=O) groups is 1. The van der Waals surface area contributed by atoms with E-state index in [9.17, 15) is 13.6 Å². The van der Waals surface area contributed by atoms with Crippen LogP contribution in [0, 0.1) is 0 Å². The van der Waals surface area contributed by atoms with E-state index in [2.05, 4.69) is 0 Å². The predicted octanol–water partition coefficient (Wildman–Crippen LogP) is 3.11. The Morgan fingerprint density at radius 2 is 1.94 bits per heavy atom. The summed E-state index contributed by atoms with van der Waals surface area (Å²) in [5, 5.41) is 0.566. The van der Waals surface area contributed by atoms with Gasteiger partial charge >= 0.3 is 0 Å². The average molecular weight is 262 g/mol. The Morgan fingerprint density at radius 1 is 1.35 bits per heavy atom. The van der Waals surface area contributed by atoms with Gasteiger partial charge in [0, 0.05) is 23.6 Å². The topological polar surface area (TPSA) is 20.3 Å². The van der Waals surface area contributed by atoms with Crippen LogP contribution in [0.4, 0.5) is 8.78 Å². The molecule has 0 saturated carbocycles. The summed E-state index contributed by atoms with van der Waals surface area (Å²) < 4.78 is 24.1. The quantitative estimate of drug-likeness (QED) is 0.734. The highest BCUT2D eigenvalue weighted by Gasteiger charge is 2.10. The van der Waals surface area contributed by atoms with Crippen LogP contribution in [0.5, 0.6) is 0 Å². The van der Waals surface area contributed by atoms with Crippen LogP contribution in [0.2, 0.25) is 5.02 Å². The van der Waals surface area contributed by atoms with E-state index in [1.165, 1.54) is 4.90 Å². The molecular formula is C12H14ClF2NO. The standard InChI is InChI=1S/C12H14ClF2NO/c1-16(8-12(14)15)7-6-11(17)9-2-4-10(13)5-3-9/h2-5,12H,6-8H2,1H3. The van der Waals surface area contributed by atoms with Gasteiger partial charge in [-0.05, 0) is 31.3 Å². The lowest BCUT2D eigenvalue weighted by Gasteiger charge is -2.14. The number of hydrogen-bond acceptors (Lipinski definition) is 2. The molecule has 0 aliphatic heterocycles. The number of carbonyl (C=O) groups excluding carboxylic acids is 1. The molecule has 0 aliphatic rings. The molecule has 0 atom stereocenters. The summed E-state index contributed by atoms with van der Waals surface area (Å²) in [5.41, 5.74) is 0.555. The number of nitrogens with zero attached hydrogens (tertiary/aromatic N) is 1. The minimum Gasteiger partial charge on any atom is -0.300 e. The first-order valence-electron chi connectivity index (χ1n) is 5.24. The zero-order valence-electron chi connectivity index (χ0n) is 9.50. The van der Waals surface area contributed by atoms with Crippen molar-refractivity contribution in [2.45, 2.75) is 12.8 Å². The average Bonchev–Trinajstić information content (AvgIpc) is 2.26. The second-order valence-electron chi connectivity index (χ2n) is 3.83. The summed E-state index contributed by atoms with van der Waals surface area (Å²) in [4.78, 5) is 13.1. The van der Waals surface area contributed by atoms with Crippen molar-refractivity contribution >= 4 is 17.4 Å². The second kappa shape index (κ2) is 6.67. The van der Waals surface area contributed by atoms with E-state index in [1.54, 1.807) is 31.3 Å². The first-order valence-corrected chi connectivity index (χ1v) is 5.62. The third-order valence-corrected chi connectivity index (χ3v) is 2.59. The van der Waals surface area contributed by atoms with Crippen LogP contribution >= 0.6 is 11.6 Å². The van der Waals surface area contributed by atoms with Gasteiger partial charge in [-0.15, -0.1) is 0 Å². The van der Waals surface area contributed by atoms with Crippen molar-refractivity contribution in [3.8, 4) is 0 Å². The molecule has 0 aromatic heterocycles. The normalized spacial score (nSPS) is 11.2. The smallest absolute Gasteiger partial charge is 0.251 e. The minimum atomic E-state index is -2.37. The van der Waals surface area contributed by atoms with Crippen LogP contribution in [0.1, 0.15) is 16.8 Å². The lowest BCUT2D eigenvalue weighted by molar-refractivity contribution is 0.0881. The molecule has 0 bridgehead atoms. The van der Waals surface area contributed by atoms with Crippen molar-refractivity contribution in [1.29, 1.82) is 0 Å². The Kier molecular flexibility index (Phi) is 5.51. The Bertz CT molecular complexity index is 367. The molecule has 1 rings (SSSR count). The highest BCUT2D eigenvalue weighted by Crippen LogP contribution is 2.11. The van der Waals surface area contributed by atoms with Crippen molar-refractivity contribution in [2.24, 2.45) is 0 Å². The third kappa shape index (κ3) is 5.24. The number of ketones is 1. The molecule has 0 unspecified atom stereocenters. The third-order valence-electron chi connectivity index (χ3n) is 2.34. The van der Waals surface area contributed by atoms with Crippen LogP contribution < -0.4 is 0 Å². The maximum absolute atomic E-state index is 12.0. The summed E-state index contributed by atoms with van der Waals surface area (Å²) in [7, 11) is 1.57. The molecule has 17 heavy (non-hydrogen) atoms. The fourth-order valence-electron chi connectivity index (χ4n) is 1.40. The van der Waals surface area contributed by atoms with Gasteiger partial charge in [0.2, 0.25) is 0 Å². The maximum atomic E-state index is 12.0. The van der Waals surface area contributed by atoms with Crippen LogP contribution in [0.3, 0.4) is 0 Å². The first-order chi connectivity index (χ1) is 7.99. The number of halogens is 3. The molecule has 0 radical (unpaired) electrons. The molecule has 2 nitrogen and oxygen atoms in total. The molecule has 0 aliphatic carbocycles. The zero-order chi connectivity index (χ0) is 12.8. The number of alkyl halides is 2. The number of hydrogen-bond donors (Lipinski definition) is 0. The summed E-state index contributed by atoms with van der Waals surface area (Å²) in [5.74, 6) is -0.0669. The molecular weight excluding hydrogens is 248 g/mol. The van der Waals surface area contributed by atoms with E-state index < -0.39 is 6.43 Å². The van der Waals surface area contributed by atoms with Gasteiger partial charge in [0.25, 0.3) is 6.43 Å². The van der Waals surface area contributed by atoms with Crippen molar-refractivity contribution in [3.63, 3.8) is 0 Å². The fourth-order valence-corrected chi connectivity index (χ4v) is 1.53. The van der Waals surface area contributed by atoms with Gasteiger partial charge < -0.3 is 4.90 Å². The molecule has 0 N–H and O–H groups in total. The van der Waals surface area contributed by atoms with Crippen LogP contribution in [0.25, 0.3) is 0 Å². The summed E-state index contributed by atoms with van der Waals surface area (Å²) in [6, 6.07) is 6.55. The second-order valence-corrected chi connectivity index (χ2v) is 4.27. The SMILES string of the molecule is CN(CCC(=O)c1ccc(Cl)cc1)CC(F)F. The Labute approximate surface area is 104 Å². The highest BCUT2D eigenvalue weighted by molar-refractivity contribution is 6.30. The first kappa shape index (κ1) is 14.1. The van der Waals surface area contributed by atoms with Crippen molar-refractivity contribution in [3.05, 3.63) is 34.9 Å². The van der Waals surface area contributed by atoms with Gasteiger partial charge in [-0.25, -0.2) is 8.78 Å². The summed E-state index contributed by atoms with van der Waals surface area (Å²) in [6.45, 7) is 0.0136. The lowest BCUT2D eigenvalue weighted by atomic mass is 10.1. The molecule has 0 saturated heterocycles. The van der Waals surface area contributed by atoms with Gasteiger partial charge in [-0.2, -0.15) is 0 Å². The van der Waals surface area contributed by atoms with Crippen LogP contribution in [-0.2, 0) is 0 Å². The van der Waals surface area contributed by atoms with Gasteiger partial charge in [0.05, 0.1) is 6.54 Å². The zero-order valence-corrected chi connectivity index (χ0v) is 10.3. The van der Waals surface area contributed by atoms with Gasteiger partial charge in [0.1, 0.15) is 0 Å². The van der Waals surface area contributed by atoms with Crippen molar-refractivity contribution in [1.82, 2.24) is 4.90 Å². The maximum Gasteiger partial charge on any atom is 0.251 e. The number of benzene rings is 1. The van der Waals surface area contributed by atoms with E-state index in [-0.39, 0.29) is 18.7 Å². The summed E-state index contributed by atoms with van der Waals surface area (Å²) in [6.07, 6.45) is -2.14. The molecule has 5 heteroatoms. The largest absolute Gasteiger partial charge is 0.300 e. The molecule has 1 aromatic carbocycles. The van der Waals surface area contributed by atoms with Gasteiger partial charge in [-0.1, -0.05) is 11.6 Å². The van der Waals surface area contributed by atoms with Crippen LogP contribution in [-0.4, -0.2) is 37.2 Å².